The van der Waals surface area contributed by atoms with E-state index in [0.717, 1.165) is 6.26 Å². The largest absolute Gasteiger partial charge is 0.444 e. The molecule has 0 aliphatic carbocycles. The molecule has 0 heterocycles. The fourth-order valence-corrected chi connectivity index (χ4v) is 3.63. The lowest BCUT2D eigenvalue weighted by atomic mass is 10.0. The van der Waals surface area contributed by atoms with Crippen LogP contribution in [0.1, 0.15) is 58.8 Å². The first-order valence-electron chi connectivity index (χ1n) is 10.1. The molecule has 9 nitrogen and oxygen atoms in total. The highest BCUT2D eigenvalue weighted by Gasteiger charge is 2.32. The van der Waals surface area contributed by atoms with E-state index in [1.165, 1.54) is 30.4 Å². The van der Waals surface area contributed by atoms with Crippen molar-refractivity contribution in [2.24, 2.45) is 0 Å². The zero-order valence-electron chi connectivity index (χ0n) is 20.3. The zero-order valence-corrected chi connectivity index (χ0v) is 22.0. The standard InChI is InChI=1S/C21H36NO8PS/c1-20(2,3)22(19(24)29-21(4,5)6)13-17(23)15-10-11-18(30-31(7,8)25)16(12-15)14-28-32(9,26)27/h10-12,17,23H,13-14H2,1-9H3. The average Bonchev–Trinajstić information content (AvgIpc) is 2.53. The molecule has 0 saturated carbocycles. The van der Waals surface area contributed by atoms with Crippen LogP contribution in [0.25, 0.3) is 0 Å². The van der Waals surface area contributed by atoms with Crippen molar-refractivity contribution in [3.8, 4) is 5.75 Å². The smallest absolute Gasteiger partial charge is 0.410 e. The summed E-state index contributed by atoms with van der Waals surface area (Å²) in [5.41, 5.74) is -0.625. The van der Waals surface area contributed by atoms with E-state index in [9.17, 15) is 22.9 Å². The second-order valence-corrected chi connectivity index (χ2v) is 14.3. The van der Waals surface area contributed by atoms with E-state index in [1.807, 2.05) is 20.8 Å². The van der Waals surface area contributed by atoms with Gasteiger partial charge in [0.2, 0.25) is 7.37 Å². The summed E-state index contributed by atoms with van der Waals surface area (Å²) in [5.74, 6) is 0.192. The van der Waals surface area contributed by atoms with Gasteiger partial charge in [0.05, 0.1) is 25.5 Å². The van der Waals surface area contributed by atoms with Crippen LogP contribution < -0.4 is 4.52 Å². The van der Waals surface area contributed by atoms with Crippen molar-refractivity contribution in [3.05, 3.63) is 29.3 Å². The van der Waals surface area contributed by atoms with Gasteiger partial charge in [-0.2, -0.15) is 8.42 Å². The van der Waals surface area contributed by atoms with Gasteiger partial charge < -0.3 is 19.3 Å². The molecule has 0 saturated heterocycles. The van der Waals surface area contributed by atoms with E-state index in [2.05, 4.69) is 0 Å². The molecule has 0 fully saturated rings. The Hall–Kier alpha value is -1.61. The van der Waals surface area contributed by atoms with Gasteiger partial charge in [0.25, 0.3) is 10.1 Å². The van der Waals surface area contributed by atoms with Crippen molar-refractivity contribution in [2.45, 2.75) is 65.4 Å². The van der Waals surface area contributed by atoms with Crippen LogP contribution in [-0.2, 0) is 30.2 Å². The van der Waals surface area contributed by atoms with Crippen molar-refractivity contribution in [3.63, 3.8) is 0 Å². The summed E-state index contributed by atoms with van der Waals surface area (Å²) < 4.78 is 50.8. The van der Waals surface area contributed by atoms with Gasteiger partial charge in [0.15, 0.2) is 0 Å². The van der Waals surface area contributed by atoms with Gasteiger partial charge in [-0.25, -0.2) is 4.79 Å². The molecule has 1 rings (SSSR count). The van der Waals surface area contributed by atoms with Crippen LogP contribution in [0.2, 0.25) is 0 Å². The fourth-order valence-electron chi connectivity index (χ4n) is 2.63. The number of rotatable bonds is 8. The Balaban J connectivity index is 3.25. The van der Waals surface area contributed by atoms with E-state index < -0.39 is 40.8 Å². The molecular formula is C21H36NO8PS. The molecule has 32 heavy (non-hydrogen) atoms. The van der Waals surface area contributed by atoms with Gasteiger partial charge in [-0.05, 0) is 59.2 Å². The van der Waals surface area contributed by atoms with Crippen molar-refractivity contribution in [2.75, 3.05) is 26.1 Å². The summed E-state index contributed by atoms with van der Waals surface area (Å²) in [6.45, 7) is 13.2. The molecule has 1 aromatic rings. The van der Waals surface area contributed by atoms with Gasteiger partial charge in [-0.15, -0.1) is 0 Å². The Morgan fingerprint density at radius 1 is 1.16 bits per heavy atom. The van der Waals surface area contributed by atoms with E-state index >= 15 is 0 Å². The number of carbonyl (C=O) groups is 1. The van der Waals surface area contributed by atoms with Crippen LogP contribution in [0.3, 0.4) is 0 Å². The first kappa shape index (κ1) is 28.4. The number of amides is 1. The molecular weight excluding hydrogens is 457 g/mol. The number of hydrogen-bond acceptors (Lipinski definition) is 8. The second kappa shape index (κ2) is 10.1. The number of β-amino-alcohol motifs (C(OH)–C–C–N with tert-alkyl or cyclic N) is 1. The van der Waals surface area contributed by atoms with Gasteiger partial charge in [-0.3, -0.25) is 8.75 Å². The molecule has 0 aliphatic rings. The second-order valence-electron chi connectivity index (χ2n) is 9.95. The lowest BCUT2D eigenvalue weighted by Gasteiger charge is -2.38. The lowest BCUT2D eigenvalue weighted by molar-refractivity contribution is -0.00784. The monoisotopic (exact) mass is 493 g/mol. The predicted molar refractivity (Wildman–Crippen MR) is 124 cm³/mol. The summed E-state index contributed by atoms with van der Waals surface area (Å²) in [6.07, 6.45) is -0.760. The first-order valence-corrected chi connectivity index (χ1v) is 14.4. The summed E-state index contributed by atoms with van der Waals surface area (Å²) >= 11 is 0. The molecule has 0 bridgehead atoms. The van der Waals surface area contributed by atoms with E-state index in [0.29, 0.717) is 11.1 Å². The van der Waals surface area contributed by atoms with Crippen LogP contribution >= 0.6 is 7.37 Å². The highest BCUT2D eigenvalue weighted by atomic mass is 32.2. The third-order valence-corrected chi connectivity index (χ3v) is 5.18. The number of carbonyl (C=O) groups excluding carboxylic acids is 1. The van der Waals surface area contributed by atoms with Crippen molar-refractivity contribution < 1.29 is 36.3 Å². The zero-order chi connectivity index (χ0) is 25.1. The van der Waals surface area contributed by atoms with Crippen LogP contribution in [0, 0.1) is 0 Å². The quantitative estimate of drug-likeness (QED) is 0.424. The summed E-state index contributed by atoms with van der Waals surface area (Å²) in [4.78, 5) is 14.1. The van der Waals surface area contributed by atoms with Gasteiger partial charge in [0, 0.05) is 24.4 Å². The fraction of sp³-hybridized carbons (Fsp3) is 0.667. The Morgan fingerprint density at radius 2 is 1.72 bits per heavy atom. The van der Waals surface area contributed by atoms with E-state index in [-0.39, 0.29) is 18.9 Å². The van der Waals surface area contributed by atoms with Crippen molar-refractivity contribution in [1.29, 1.82) is 0 Å². The highest BCUT2D eigenvalue weighted by molar-refractivity contribution is 7.85. The Labute approximate surface area is 191 Å². The maximum Gasteiger partial charge on any atom is 0.410 e. The highest BCUT2D eigenvalue weighted by Crippen LogP contribution is 2.41. The number of ether oxygens (including phenoxy) is 1. The predicted octanol–water partition coefficient (Wildman–Crippen LogP) is 4.15. The van der Waals surface area contributed by atoms with Gasteiger partial charge in [0.1, 0.15) is 11.4 Å². The summed E-state index contributed by atoms with van der Waals surface area (Å²) in [6, 6.07) is 4.57. The van der Waals surface area contributed by atoms with Gasteiger partial charge >= 0.3 is 6.09 Å². The normalized spacial score (nSPS) is 14.1. The first-order chi connectivity index (χ1) is 14.2. The molecule has 1 N–H and O–H groups in total. The minimum absolute atomic E-state index is 0.0644. The van der Waals surface area contributed by atoms with Crippen LogP contribution in [0.15, 0.2) is 18.2 Å². The summed E-state index contributed by atoms with van der Waals surface area (Å²) in [7, 11) is -6.67. The number of aliphatic hydroxyl groups is 1. The summed E-state index contributed by atoms with van der Waals surface area (Å²) in [5, 5.41) is 10.9. The minimum Gasteiger partial charge on any atom is -0.444 e. The molecule has 184 valence electrons. The number of nitrogens with zero attached hydrogens (tertiary/aromatic N) is 1. The number of benzene rings is 1. The van der Waals surface area contributed by atoms with E-state index in [1.54, 1.807) is 26.8 Å². The molecule has 0 aromatic heterocycles. The molecule has 1 unspecified atom stereocenters. The molecule has 0 radical (unpaired) electrons. The molecule has 0 spiro atoms. The van der Waals surface area contributed by atoms with Crippen molar-refractivity contribution >= 4 is 23.6 Å². The average molecular weight is 494 g/mol. The Kier molecular flexibility index (Phi) is 8.99. The van der Waals surface area contributed by atoms with Crippen LogP contribution in [-0.4, -0.2) is 61.8 Å². The molecule has 11 heteroatoms. The maximum absolute atomic E-state index is 12.7. The molecule has 1 atom stereocenters. The Morgan fingerprint density at radius 3 is 2.16 bits per heavy atom. The Bertz CT molecular complexity index is 957. The van der Waals surface area contributed by atoms with Crippen LogP contribution in [0.5, 0.6) is 5.75 Å². The molecule has 1 amide bonds. The van der Waals surface area contributed by atoms with Crippen LogP contribution in [0.4, 0.5) is 4.79 Å². The molecule has 1 aromatic carbocycles. The maximum atomic E-state index is 12.7. The lowest BCUT2D eigenvalue weighted by Crippen LogP contribution is -2.49. The third kappa shape index (κ3) is 10.3. The molecule has 0 aliphatic heterocycles. The topological polar surface area (TPSA) is 119 Å². The number of aliphatic hydroxyl groups excluding tert-OH is 1. The number of hydrogen-bond donors (Lipinski definition) is 1. The SMILES string of the molecule is CC(C)(C)OC(=O)N(CC(O)c1ccc(OP(C)(C)=O)c(COS(C)(=O)=O)c1)C(C)(C)C. The van der Waals surface area contributed by atoms with Crippen molar-refractivity contribution in [1.82, 2.24) is 4.90 Å². The van der Waals surface area contributed by atoms with Gasteiger partial charge in [-0.1, -0.05) is 6.07 Å². The third-order valence-electron chi connectivity index (χ3n) is 4.00. The minimum atomic E-state index is -3.74. The van der Waals surface area contributed by atoms with E-state index in [4.69, 9.17) is 13.4 Å².